The Morgan fingerprint density at radius 1 is 0.923 bits per heavy atom. The molecule has 0 unspecified atom stereocenters. The second-order valence-electron chi connectivity index (χ2n) is 13.5. The lowest BCUT2D eigenvalue weighted by atomic mass is 9.92. The summed E-state index contributed by atoms with van der Waals surface area (Å²) < 4.78 is 11.0. The van der Waals surface area contributed by atoms with Gasteiger partial charge in [0.25, 0.3) is 0 Å². The van der Waals surface area contributed by atoms with E-state index >= 15 is 0 Å². The summed E-state index contributed by atoms with van der Waals surface area (Å²) in [5, 5.41) is 4.53. The summed E-state index contributed by atoms with van der Waals surface area (Å²) in [4.78, 5) is 57.7. The molecule has 1 aliphatic rings. The van der Waals surface area contributed by atoms with Crippen LogP contribution in [0.15, 0.2) is 48.7 Å². The smallest absolute Gasteiger partial charge is 0.407 e. The quantitative estimate of drug-likeness (QED) is 0.109. The van der Waals surface area contributed by atoms with Crippen LogP contribution in [0, 0.1) is 0 Å². The minimum Gasteiger partial charge on any atom is -0.488 e. The third kappa shape index (κ3) is 7.46. The van der Waals surface area contributed by atoms with E-state index in [2.05, 4.69) is 81.3 Å². The van der Waals surface area contributed by atoms with Crippen LogP contribution in [0.3, 0.4) is 0 Å². The third-order valence-corrected chi connectivity index (χ3v) is 10.2. The number of fused-ring (bicyclic) bond motifs is 6. The molecule has 1 atom stereocenters. The van der Waals surface area contributed by atoms with Gasteiger partial charge in [-0.2, -0.15) is 0 Å². The number of alkyl carbamates (subject to hydrolysis) is 1. The number of H-pyrrole nitrogens is 2. The van der Waals surface area contributed by atoms with E-state index in [0.717, 1.165) is 87.0 Å². The van der Waals surface area contributed by atoms with Gasteiger partial charge < -0.3 is 34.6 Å². The number of aromatic nitrogens is 4. The first-order valence-corrected chi connectivity index (χ1v) is 18.3. The minimum atomic E-state index is -0.648. The number of ether oxygens (including phenoxy) is 2. The predicted molar refractivity (Wildman–Crippen MR) is 201 cm³/mol. The summed E-state index contributed by atoms with van der Waals surface area (Å²) in [6.45, 7) is 11.3. The van der Waals surface area contributed by atoms with Gasteiger partial charge in [0.1, 0.15) is 30.5 Å². The largest absolute Gasteiger partial charge is 0.488 e. The van der Waals surface area contributed by atoms with E-state index in [1.165, 1.54) is 7.11 Å². The Bertz CT molecular complexity index is 2080. The SMILES string of the molecule is CCCC(=O)N(Cc1nc2c(ccc3cc4c(cc32)OCc2cc(-c3cnc(CN(C(=O)CNC(=O)OC)[C@@H](C)CC)[nH]3)ccc2-4)[nH]1)C(CC)CC. The van der Waals surface area contributed by atoms with Crippen molar-refractivity contribution in [3.8, 4) is 28.1 Å². The Hall–Kier alpha value is -5.39. The van der Waals surface area contributed by atoms with Crippen molar-refractivity contribution < 1.29 is 23.9 Å². The zero-order valence-electron chi connectivity index (χ0n) is 31.0. The van der Waals surface area contributed by atoms with Gasteiger partial charge in [-0.15, -0.1) is 0 Å². The van der Waals surface area contributed by atoms with Gasteiger partial charge >= 0.3 is 6.09 Å². The number of amides is 3. The fraction of sp³-hybridized carbons (Fsp3) is 0.425. The standard InChI is InChI=1S/C40H49N7O5/c1-7-11-37(48)47(28(9-3)10-4)22-36-43-32-15-13-25-17-31-29-14-12-26(16-27(29)23-52-34(31)18-30(25)39(32)45-36)33-19-41-35(44-33)21-46(24(5)8-2)38(49)20-42-40(50)51-6/h12-19,24,28H,7-11,20-23H2,1-6H3,(H,41,44)(H,42,50)(H,43,45)/t24-/m0/s1. The summed E-state index contributed by atoms with van der Waals surface area (Å²) in [5.41, 5.74) is 6.80. The molecule has 2 aromatic heterocycles. The molecule has 1 aliphatic heterocycles. The molecule has 0 bridgehead atoms. The molecule has 12 heteroatoms. The van der Waals surface area contributed by atoms with Crippen molar-refractivity contribution in [3.05, 3.63) is 65.9 Å². The van der Waals surface area contributed by atoms with Crippen LogP contribution in [0.4, 0.5) is 4.79 Å². The molecule has 5 aromatic rings. The van der Waals surface area contributed by atoms with Crippen LogP contribution < -0.4 is 10.1 Å². The summed E-state index contributed by atoms with van der Waals surface area (Å²) in [6, 6.07) is 14.9. The van der Waals surface area contributed by atoms with E-state index in [1.54, 1.807) is 11.1 Å². The average Bonchev–Trinajstić information content (AvgIpc) is 3.82. The molecule has 0 saturated carbocycles. The number of hydrogen-bond donors (Lipinski definition) is 3. The number of carbonyl (C=O) groups excluding carboxylic acids is 3. The summed E-state index contributed by atoms with van der Waals surface area (Å²) in [7, 11) is 1.27. The molecule has 0 fully saturated rings. The monoisotopic (exact) mass is 707 g/mol. The number of aromatic amines is 2. The number of methoxy groups -OCH3 is 1. The Morgan fingerprint density at radius 2 is 1.71 bits per heavy atom. The Morgan fingerprint density at radius 3 is 2.44 bits per heavy atom. The molecule has 12 nitrogen and oxygen atoms in total. The maximum absolute atomic E-state index is 13.1. The van der Waals surface area contributed by atoms with Crippen molar-refractivity contribution >= 4 is 39.7 Å². The molecule has 0 radical (unpaired) electrons. The predicted octanol–water partition coefficient (Wildman–Crippen LogP) is 7.47. The van der Waals surface area contributed by atoms with Crippen molar-refractivity contribution in [2.75, 3.05) is 13.7 Å². The number of nitrogens with zero attached hydrogens (tertiary/aromatic N) is 4. The summed E-state index contributed by atoms with van der Waals surface area (Å²) in [5.74, 6) is 2.20. The molecule has 3 amide bonds. The molecule has 3 heterocycles. The fourth-order valence-electron chi connectivity index (χ4n) is 7.03. The van der Waals surface area contributed by atoms with E-state index in [4.69, 9.17) is 9.72 Å². The summed E-state index contributed by atoms with van der Waals surface area (Å²) >= 11 is 0. The Kier molecular flexibility index (Phi) is 11.1. The maximum Gasteiger partial charge on any atom is 0.407 e. The van der Waals surface area contributed by atoms with Crippen molar-refractivity contribution in [3.63, 3.8) is 0 Å². The molecular formula is C40H49N7O5. The number of rotatable bonds is 14. The lowest BCUT2D eigenvalue weighted by Gasteiger charge is -2.30. The van der Waals surface area contributed by atoms with Crippen LogP contribution in [-0.4, -0.2) is 73.4 Å². The number of carbonyl (C=O) groups is 3. The van der Waals surface area contributed by atoms with Crippen molar-refractivity contribution in [1.29, 1.82) is 0 Å². The third-order valence-electron chi connectivity index (χ3n) is 10.2. The van der Waals surface area contributed by atoms with Crippen LogP contribution in [0.2, 0.25) is 0 Å². The van der Waals surface area contributed by atoms with Crippen LogP contribution >= 0.6 is 0 Å². The minimum absolute atomic E-state index is 0.0466. The van der Waals surface area contributed by atoms with Crippen molar-refractivity contribution in [2.45, 2.75) is 98.5 Å². The molecule has 3 N–H and O–H groups in total. The van der Waals surface area contributed by atoms with E-state index in [9.17, 15) is 14.4 Å². The number of hydrogen-bond acceptors (Lipinski definition) is 7. The van der Waals surface area contributed by atoms with Gasteiger partial charge in [0.2, 0.25) is 11.8 Å². The van der Waals surface area contributed by atoms with Crippen LogP contribution in [0.1, 0.15) is 83.9 Å². The molecule has 274 valence electrons. The van der Waals surface area contributed by atoms with Gasteiger partial charge in [-0.3, -0.25) is 9.59 Å². The highest BCUT2D eigenvalue weighted by molar-refractivity contribution is 6.07. The highest BCUT2D eigenvalue weighted by atomic mass is 16.5. The first-order chi connectivity index (χ1) is 25.2. The first-order valence-electron chi connectivity index (χ1n) is 18.3. The van der Waals surface area contributed by atoms with Gasteiger partial charge in [0.05, 0.1) is 43.1 Å². The molecule has 3 aromatic carbocycles. The molecule has 0 saturated heterocycles. The van der Waals surface area contributed by atoms with Gasteiger partial charge in [-0.25, -0.2) is 14.8 Å². The number of imidazole rings is 2. The molecule has 52 heavy (non-hydrogen) atoms. The van der Waals surface area contributed by atoms with Crippen LogP contribution in [0.25, 0.3) is 44.2 Å². The van der Waals surface area contributed by atoms with Gasteiger partial charge in [0.15, 0.2) is 0 Å². The van der Waals surface area contributed by atoms with Gasteiger partial charge in [-0.1, -0.05) is 45.9 Å². The summed E-state index contributed by atoms with van der Waals surface area (Å²) in [6.07, 6.45) is 5.05. The Balaban J connectivity index is 1.24. The fourth-order valence-corrected chi connectivity index (χ4v) is 7.03. The first kappa shape index (κ1) is 36.4. The second kappa shape index (κ2) is 15.9. The maximum atomic E-state index is 13.1. The topological polar surface area (TPSA) is 146 Å². The lowest BCUT2D eigenvalue weighted by Crippen LogP contribution is -2.44. The highest BCUT2D eigenvalue weighted by Gasteiger charge is 2.25. The molecule has 6 rings (SSSR count). The average molecular weight is 708 g/mol. The van der Waals surface area contributed by atoms with Crippen molar-refractivity contribution in [1.82, 2.24) is 35.1 Å². The van der Waals surface area contributed by atoms with Crippen LogP contribution in [0.5, 0.6) is 5.75 Å². The second-order valence-corrected chi connectivity index (χ2v) is 13.5. The Labute approximate surface area is 304 Å². The lowest BCUT2D eigenvalue weighted by molar-refractivity contribution is -0.135. The van der Waals surface area contributed by atoms with E-state index in [0.29, 0.717) is 25.4 Å². The highest BCUT2D eigenvalue weighted by Crippen LogP contribution is 2.42. The van der Waals surface area contributed by atoms with E-state index < -0.39 is 6.09 Å². The van der Waals surface area contributed by atoms with Gasteiger partial charge in [-0.05, 0) is 78.9 Å². The van der Waals surface area contributed by atoms with E-state index in [1.807, 2.05) is 25.7 Å². The zero-order chi connectivity index (χ0) is 36.9. The van der Waals surface area contributed by atoms with Crippen molar-refractivity contribution in [2.24, 2.45) is 0 Å². The normalized spacial score (nSPS) is 12.7. The molecule has 0 spiro atoms. The van der Waals surface area contributed by atoms with Gasteiger partial charge in [0, 0.05) is 29.5 Å². The molecule has 0 aliphatic carbocycles. The molecular weight excluding hydrogens is 658 g/mol. The zero-order valence-corrected chi connectivity index (χ0v) is 31.0. The van der Waals surface area contributed by atoms with Crippen LogP contribution in [-0.2, 0) is 34.0 Å². The number of benzene rings is 3. The van der Waals surface area contributed by atoms with E-state index in [-0.39, 0.29) is 37.0 Å². The number of nitrogens with one attached hydrogen (secondary N) is 3.